The van der Waals surface area contributed by atoms with E-state index in [1.54, 1.807) is 4.90 Å². The molecule has 0 bridgehead atoms. The molecule has 0 aromatic heterocycles. The van der Waals surface area contributed by atoms with Crippen LogP contribution in [0, 0.1) is 17.5 Å². The van der Waals surface area contributed by atoms with Crippen LogP contribution in [0.25, 0.3) is 0 Å². The first-order valence-corrected chi connectivity index (χ1v) is 12.8. The number of piperidine rings is 1. The number of ether oxygens (including phenoxy) is 1. The minimum atomic E-state index is -1.25. The number of carbonyl (C=O) groups excluding carboxylic acids is 1. The van der Waals surface area contributed by atoms with Crippen molar-refractivity contribution in [3.05, 3.63) is 100 Å². The van der Waals surface area contributed by atoms with Crippen molar-refractivity contribution in [3.63, 3.8) is 0 Å². The summed E-state index contributed by atoms with van der Waals surface area (Å²) in [6.45, 7) is 3.25. The Morgan fingerprint density at radius 3 is 2.27 bits per heavy atom. The fraction of sp³-hybridized carbons (Fsp3) is 0.367. The Hall–Kier alpha value is -3.32. The van der Waals surface area contributed by atoms with Gasteiger partial charge < -0.3 is 15.4 Å². The number of hydrogen-bond acceptors (Lipinski definition) is 3. The molecule has 1 saturated heterocycles. The van der Waals surface area contributed by atoms with Crippen molar-refractivity contribution in [3.8, 4) is 5.75 Å². The van der Waals surface area contributed by atoms with E-state index in [0.717, 1.165) is 24.7 Å². The maximum Gasteiger partial charge on any atom is 0.224 e. The van der Waals surface area contributed by atoms with Gasteiger partial charge in [0.25, 0.3) is 0 Å². The second-order valence-corrected chi connectivity index (χ2v) is 9.67. The van der Waals surface area contributed by atoms with Crippen molar-refractivity contribution >= 4 is 5.91 Å². The molecule has 3 aromatic carbocycles. The Bertz CT molecular complexity index is 1210. The van der Waals surface area contributed by atoms with E-state index in [1.807, 2.05) is 12.1 Å². The standard InChI is InChI=1S/C30H33F3N2O2/c1-2-21-5-3-4-6-22(21)15-20-7-9-25(10-8-20)37-26-11-13-35(14-12-26)30(36)18-24(34)16-23-17-28(32)29(33)19-27(23)31/h3-10,17,19,24,26H,2,11-16,18,34H2,1H3. The lowest BCUT2D eigenvalue weighted by Crippen LogP contribution is -2.43. The van der Waals surface area contributed by atoms with Crippen molar-refractivity contribution in [2.75, 3.05) is 13.1 Å². The zero-order valence-electron chi connectivity index (χ0n) is 21.1. The molecule has 0 spiro atoms. The lowest BCUT2D eigenvalue weighted by Gasteiger charge is -2.33. The molecule has 1 atom stereocenters. The van der Waals surface area contributed by atoms with Crippen LogP contribution in [0.1, 0.15) is 48.4 Å². The molecule has 0 saturated carbocycles. The van der Waals surface area contributed by atoms with Gasteiger partial charge in [0.05, 0.1) is 0 Å². The molecule has 37 heavy (non-hydrogen) atoms. The SMILES string of the molecule is CCc1ccccc1Cc1ccc(OC2CCN(C(=O)CC(N)Cc3cc(F)c(F)cc3F)CC2)cc1. The van der Waals surface area contributed by atoms with Crippen molar-refractivity contribution in [1.82, 2.24) is 4.90 Å². The van der Waals surface area contributed by atoms with Crippen molar-refractivity contribution < 1.29 is 22.7 Å². The summed E-state index contributed by atoms with van der Waals surface area (Å²) < 4.78 is 46.6. The Balaban J connectivity index is 1.23. The minimum Gasteiger partial charge on any atom is -0.490 e. The predicted octanol–water partition coefficient (Wildman–Crippen LogP) is 5.59. The number of halogens is 3. The predicted molar refractivity (Wildman–Crippen MR) is 138 cm³/mol. The number of nitrogens with two attached hydrogens (primary N) is 1. The van der Waals surface area contributed by atoms with E-state index in [2.05, 4.69) is 43.3 Å². The topological polar surface area (TPSA) is 55.6 Å². The van der Waals surface area contributed by atoms with E-state index in [-0.39, 0.29) is 30.4 Å². The van der Waals surface area contributed by atoms with Crippen LogP contribution in [0.3, 0.4) is 0 Å². The summed E-state index contributed by atoms with van der Waals surface area (Å²) in [6.07, 6.45) is 3.27. The highest BCUT2D eigenvalue weighted by atomic mass is 19.2. The third kappa shape index (κ3) is 7.13. The number of amides is 1. The molecular formula is C30H33F3N2O2. The summed E-state index contributed by atoms with van der Waals surface area (Å²) in [4.78, 5) is 14.4. The molecule has 0 radical (unpaired) electrons. The quantitative estimate of drug-likeness (QED) is 0.382. The smallest absolute Gasteiger partial charge is 0.224 e. The Labute approximate surface area is 216 Å². The Morgan fingerprint density at radius 2 is 1.59 bits per heavy atom. The second kappa shape index (κ2) is 12.3. The van der Waals surface area contributed by atoms with E-state index in [0.29, 0.717) is 32.0 Å². The van der Waals surface area contributed by atoms with Crippen LogP contribution >= 0.6 is 0 Å². The monoisotopic (exact) mass is 510 g/mol. The lowest BCUT2D eigenvalue weighted by molar-refractivity contribution is -0.133. The fourth-order valence-electron chi connectivity index (χ4n) is 4.82. The molecule has 4 rings (SSSR count). The molecule has 1 fully saturated rings. The molecule has 7 heteroatoms. The average molecular weight is 511 g/mol. The van der Waals surface area contributed by atoms with Crippen LogP contribution in [0.5, 0.6) is 5.75 Å². The summed E-state index contributed by atoms with van der Waals surface area (Å²) in [6, 6.07) is 17.3. The second-order valence-electron chi connectivity index (χ2n) is 9.67. The molecule has 4 nitrogen and oxygen atoms in total. The third-order valence-electron chi connectivity index (χ3n) is 6.92. The summed E-state index contributed by atoms with van der Waals surface area (Å²) in [5, 5.41) is 0. The molecule has 1 unspecified atom stereocenters. The normalized spacial score (nSPS) is 15.0. The molecule has 3 aromatic rings. The largest absolute Gasteiger partial charge is 0.490 e. The van der Waals surface area contributed by atoms with Crippen LogP contribution < -0.4 is 10.5 Å². The summed E-state index contributed by atoms with van der Waals surface area (Å²) >= 11 is 0. The summed E-state index contributed by atoms with van der Waals surface area (Å²) in [5.74, 6) is -2.56. The molecule has 1 amide bonds. The van der Waals surface area contributed by atoms with Gasteiger partial charge in [-0.2, -0.15) is 0 Å². The molecule has 1 aliphatic heterocycles. The van der Waals surface area contributed by atoms with Crippen LogP contribution in [0.2, 0.25) is 0 Å². The van der Waals surface area contributed by atoms with Gasteiger partial charge in [-0.05, 0) is 59.7 Å². The Morgan fingerprint density at radius 1 is 0.946 bits per heavy atom. The van der Waals surface area contributed by atoms with Gasteiger partial charge >= 0.3 is 0 Å². The number of aryl methyl sites for hydroxylation is 1. The van der Waals surface area contributed by atoms with Crippen molar-refractivity contribution in [2.24, 2.45) is 5.73 Å². The fourth-order valence-corrected chi connectivity index (χ4v) is 4.82. The highest BCUT2D eigenvalue weighted by Crippen LogP contribution is 2.23. The van der Waals surface area contributed by atoms with Gasteiger partial charge in [-0.1, -0.05) is 43.3 Å². The summed E-state index contributed by atoms with van der Waals surface area (Å²) in [7, 11) is 0. The van der Waals surface area contributed by atoms with Crippen molar-refractivity contribution in [1.29, 1.82) is 0 Å². The van der Waals surface area contributed by atoms with E-state index in [9.17, 15) is 18.0 Å². The van der Waals surface area contributed by atoms with Gasteiger partial charge in [0.15, 0.2) is 11.6 Å². The molecular weight excluding hydrogens is 477 g/mol. The van der Waals surface area contributed by atoms with Gasteiger partial charge in [-0.3, -0.25) is 4.79 Å². The van der Waals surface area contributed by atoms with Gasteiger partial charge in [-0.15, -0.1) is 0 Å². The van der Waals surface area contributed by atoms with Gasteiger partial charge in [0.1, 0.15) is 17.7 Å². The van der Waals surface area contributed by atoms with Crippen LogP contribution in [-0.4, -0.2) is 36.0 Å². The number of nitrogens with zero attached hydrogens (tertiary/aromatic N) is 1. The first-order chi connectivity index (χ1) is 17.8. The van der Waals surface area contributed by atoms with Gasteiger partial charge in [0.2, 0.25) is 5.91 Å². The molecule has 196 valence electrons. The van der Waals surface area contributed by atoms with E-state index < -0.39 is 23.5 Å². The maximum absolute atomic E-state index is 13.9. The molecule has 0 aliphatic carbocycles. The maximum atomic E-state index is 13.9. The van der Waals surface area contributed by atoms with Crippen LogP contribution in [0.15, 0.2) is 60.7 Å². The van der Waals surface area contributed by atoms with Crippen LogP contribution in [-0.2, 0) is 24.1 Å². The number of benzene rings is 3. The number of hydrogen-bond donors (Lipinski definition) is 1. The van der Waals surface area contributed by atoms with Gasteiger partial charge in [-0.25, -0.2) is 13.2 Å². The number of carbonyl (C=O) groups is 1. The number of likely N-dealkylation sites (tertiary alicyclic amines) is 1. The average Bonchev–Trinajstić information content (AvgIpc) is 2.89. The zero-order valence-corrected chi connectivity index (χ0v) is 21.1. The zero-order chi connectivity index (χ0) is 26.4. The highest BCUT2D eigenvalue weighted by molar-refractivity contribution is 5.77. The molecule has 1 aliphatic rings. The Kier molecular flexibility index (Phi) is 8.87. The van der Waals surface area contributed by atoms with Crippen molar-refractivity contribution in [2.45, 2.75) is 57.6 Å². The van der Waals surface area contributed by atoms with Gasteiger partial charge in [0, 0.05) is 44.5 Å². The first kappa shape index (κ1) is 26.7. The first-order valence-electron chi connectivity index (χ1n) is 12.8. The molecule has 2 N–H and O–H groups in total. The number of rotatable bonds is 9. The van der Waals surface area contributed by atoms with E-state index in [4.69, 9.17) is 10.5 Å². The van der Waals surface area contributed by atoms with E-state index in [1.165, 1.54) is 16.7 Å². The minimum absolute atomic E-state index is 0.00653. The van der Waals surface area contributed by atoms with E-state index >= 15 is 0 Å². The molecule has 1 heterocycles. The summed E-state index contributed by atoms with van der Waals surface area (Å²) in [5.41, 5.74) is 9.92. The third-order valence-corrected chi connectivity index (χ3v) is 6.92. The van der Waals surface area contributed by atoms with Crippen LogP contribution in [0.4, 0.5) is 13.2 Å². The highest BCUT2D eigenvalue weighted by Gasteiger charge is 2.25. The lowest BCUT2D eigenvalue weighted by atomic mass is 9.98.